The lowest BCUT2D eigenvalue weighted by molar-refractivity contribution is -0.117. The summed E-state index contributed by atoms with van der Waals surface area (Å²) >= 11 is 0. The lowest BCUT2D eigenvalue weighted by Gasteiger charge is -2.10. The molecular formula is C25H23N3O4. The number of hydrogen-bond donors (Lipinski definition) is 2. The molecule has 32 heavy (non-hydrogen) atoms. The van der Waals surface area contributed by atoms with E-state index in [1.165, 1.54) is 13.3 Å². The van der Waals surface area contributed by atoms with Gasteiger partial charge in [0.1, 0.15) is 17.2 Å². The molecule has 3 aromatic carbocycles. The van der Waals surface area contributed by atoms with Crippen LogP contribution in [0.25, 0.3) is 6.08 Å². The van der Waals surface area contributed by atoms with Crippen molar-refractivity contribution in [3.8, 4) is 11.5 Å². The molecule has 162 valence electrons. The maximum absolute atomic E-state index is 12.8. The summed E-state index contributed by atoms with van der Waals surface area (Å²) in [4.78, 5) is 25.4. The second-order valence-electron chi connectivity index (χ2n) is 6.60. The van der Waals surface area contributed by atoms with Crippen LogP contribution in [0.4, 0.5) is 0 Å². The molecule has 3 rings (SSSR count). The van der Waals surface area contributed by atoms with E-state index in [2.05, 4.69) is 15.8 Å². The van der Waals surface area contributed by atoms with Crippen LogP contribution in [-0.4, -0.2) is 32.2 Å². The van der Waals surface area contributed by atoms with Crippen LogP contribution in [0.5, 0.6) is 11.5 Å². The molecule has 2 N–H and O–H groups in total. The second kappa shape index (κ2) is 11.1. The number of hydrogen-bond acceptors (Lipinski definition) is 5. The van der Waals surface area contributed by atoms with E-state index in [4.69, 9.17) is 9.47 Å². The van der Waals surface area contributed by atoms with E-state index in [0.717, 1.165) is 5.56 Å². The fraction of sp³-hybridized carbons (Fsp3) is 0.0800. The summed E-state index contributed by atoms with van der Waals surface area (Å²) in [7, 11) is 3.10. The first kappa shape index (κ1) is 22.3. The Morgan fingerprint density at radius 3 is 2.22 bits per heavy atom. The molecule has 2 amide bonds. The third-order valence-corrected chi connectivity index (χ3v) is 4.45. The fourth-order valence-electron chi connectivity index (χ4n) is 2.82. The molecule has 0 aromatic heterocycles. The van der Waals surface area contributed by atoms with Gasteiger partial charge in [-0.1, -0.05) is 48.5 Å². The van der Waals surface area contributed by atoms with Gasteiger partial charge in [0.15, 0.2) is 0 Å². The highest BCUT2D eigenvalue weighted by molar-refractivity contribution is 6.05. The summed E-state index contributed by atoms with van der Waals surface area (Å²) in [5.74, 6) is 0.220. The highest BCUT2D eigenvalue weighted by Crippen LogP contribution is 2.22. The highest BCUT2D eigenvalue weighted by atomic mass is 16.5. The molecule has 0 aliphatic carbocycles. The van der Waals surface area contributed by atoms with Crippen molar-refractivity contribution in [1.82, 2.24) is 10.7 Å². The second-order valence-corrected chi connectivity index (χ2v) is 6.60. The number of carbonyl (C=O) groups is 2. The monoisotopic (exact) mass is 429 g/mol. The van der Waals surface area contributed by atoms with Crippen molar-refractivity contribution in [3.05, 3.63) is 101 Å². The van der Waals surface area contributed by atoms with Gasteiger partial charge in [-0.05, 0) is 42.0 Å². The average molecular weight is 429 g/mol. The largest absolute Gasteiger partial charge is 0.497 e. The molecule has 0 fully saturated rings. The molecule has 0 spiro atoms. The third-order valence-electron chi connectivity index (χ3n) is 4.45. The number of rotatable bonds is 8. The Labute approximate surface area is 186 Å². The van der Waals surface area contributed by atoms with Crippen molar-refractivity contribution in [2.75, 3.05) is 14.2 Å². The van der Waals surface area contributed by atoms with Crippen LogP contribution < -0.4 is 20.2 Å². The van der Waals surface area contributed by atoms with Gasteiger partial charge in [-0.3, -0.25) is 9.59 Å². The lowest BCUT2D eigenvalue weighted by Crippen LogP contribution is -2.32. The van der Waals surface area contributed by atoms with Crippen LogP contribution in [-0.2, 0) is 4.79 Å². The van der Waals surface area contributed by atoms with Crippen molar-refractivity contribution >= 4 is 24.1 Å². The number of nitrogens with zero attached hydrogens (tertiary/aromatic N) is 1. The molecule has 7 nitrogen and oxygen atoms in total. The summed E-state index contributed by atoms with van der Waals surface area (Å²) in [6.45, 7) is 0. The minimum absolute atomic E-state index is 0.0554. The molecule has 7 heteroatoms. The first-order valence-electron chi connectivity index (χ1n) is 9.79. The molecular weight excluding hydrogens is 406 g/mol. The smallest absolute Gasteiger partial charge is 0.287 e. The van der Waals surface area contributed by atoms with Gasteiger partial charge in [0.2, 0.25) is 0 Å². The number of ether oxygens (including phenoxy) is 2. The van der Waals surface area contributed by atoms with Crippen LogP contribution in [0.15, 0.2) is 89.7 Å². The van der Waals surface area contributed by atoms with Crippen molar-refractivity contribution in [2.24, 2.45) is 5.10 Å². The number of carbonyl (C=O) groups excluding carboxylic acids is 2. The summed E-state index contributed by atoms with van der Waals surface area (Å²) in [5.41, 5.74) is 4.31. The topological polar surface area (TPSA) is 89.0 Å². The molecule has 0 aliphatic heterocycles. The van der Waals surface area contributed by atoms with Crippen molar-refractivity contribution < 1.29 is 19.1 Å². The molecule has 0 aliphatic rings. The van der Waals surface area contributed by atoms with Gasteiger partial charge in [-0.15, -0.1) is 0 Å². The van der Waals surface area contributed by atoms with Gasteiger partial charge in [-0.25, -0.2) is 5.43 Å². The Hall–Kier alpha value is -4.39. The van der Waals surface area contributed by atoms with E-state index >= 15 is 0 Å². The van der Waals surface area contributed by atoms with E-state index < -0.39 is 11.8 Å². The number of amides is 2. The summed E-state index contributed by atoms with van der Waals surface area (Å²) < 4.78 is 10.5. The zero-order valence-electron chi connectivity index (χ0n) is 17.7. The maximum Gasteiger partial charge on any atom is 0.287 e. The van der Waals surface area contributed by atoms with Gasteiger partial charge in [-0.2, -0.15) is 5.10 Å². The van der Waals surface area contributed by atoms with Gasteiger partial charge in [0, 0.05) is 11.1 Å². The number of methoxy groups -OCH3 is 2. The summed E-state index contributed by atoms with van der Waals surface area (Å²) in [5, 5.41) is 6.68. The van der Waals surface area contributed by atoms with E-state index in [0.29, 0.717) is 22.6 Å². The molecule has 0 bridgehead atoms. The third kappa shape index (κ3) is 6.06. The zero-order valence-corrected chi connectivity index (χ0v) is 17.7. The van der Waals surface area contributed by atoms with Crippen molar-refractivity contribution in [2.45, 2.75) is 0 Å². The Kier molecular flexibility index (Phi) is 7.75. The van der Waals surface area contributed by atoms with Crippen molar-refractivity contribution in [1.29, 1.82) is 0 Å². The maximum atomic E-state index is 12.8. The molecule has 0 saturated carbocycles. The fourth-order valence-corrected chi connectivity index (χ4v) is 2.82. The van der Waals surface area contributed by atoms with Crippen LogP contribution in [0.3, 0.4) is 0 Å². The van der Waals surface area contributed by atoms with E-state index in [-0.39, 0.29) is 5.70 Å². The Morgan fingerprint density at radius 2 is 1.56 bits per heavy atom. The van der Waals surface area contributed by atoms with E-state index in [1.807, 2.05) is 36.4 Å². The van der Waals surface area contributed by atoms with Gasteiger partial charge in [0.05, 0.1) is 20.4 Å². The molecule has 0 radical (unpaired) electrons. The Morgan fingerprint density at radius 1 is 0.875 bits per heavy atom. The predicted octanol–water partition coefficient (Wildman–Crippen LogP) is 3.63. The van der Waals surface area contributed by atoms with Crippen LogP contribution in [0, 0.1) is 0 Å². The number of benzene rings is 3. The summed E-state index contributed by atoms with van der Waals surface area (Å²) in [6.07, 6.45) is 3.02. The molecule has 0 atom stereocenters. The van der Waals surface area contributed by atoms with Gasteiger partial charge >= 0.3 is 0 Å². The van der Waals surface area contributed by atoms with Crippen LogP contribution in [0.2, 0.25) is 0 Å². The number of nitrogens with one attached hydrogen (secondary N) is 2. The first-order valence-corrected chi connectivity index (χ1v) is 9.79. The molecule has 0 heterocycles. The van der Waals surface area contributed by atoms with Gasteiger partial charge < -0.3 is 14.8 Å². The quantitative estimate of drug-likeness (QED) is 0.325. The van der Waals surface area contributed by atoms with Gasteiger partial charge in [0.25, 0.3) is 11.8 Å². The summed E-state index contributed by atoms with van der Waals surface area (Å²) in [6, 6.07) is 23.1. The van der Waals surface area contributed by atoms with E-state index in [1.54, 1.807) is 55.7 Å². The Balaban J connectivity index is 1.80. The molecule has 0 unspecified atom stereocenters. The number of hydrazone groups is 1. The van der Waals surface area contributed by atoms with Crippen LogP contribution >= 0.6 is 0 Å². The minimum Gasteiger partial charge on any atom is -0.497 e. The normalized spacial score (nSPS) is 11.1. The highest BCUT2D eigenvalue weighted by Gasteiger charge is 2.14. The van der Waals surface area contributed by atoms with E-state index in [9.17, 15) is 9.59 Å². The minimum atomic E-state index is -0.573. The lowest BCUT2D eigenvalue weighted by atomic mass is 10.1. The SMILES string of the molecule is COc1ccc(OC)c(C=NNC(=O)C(=Cc2ccccc2)NC(=O)c2ccccc2)c1. The van der Waals surface area contributed by atoms with Crippen LogP contribution in [0.1, 0.15) is 21.5 Å². The standard InChI is InChI=1S/C25H23N3O4/c1-31-21-13-14-23(32-2)20(16-21)17-26-28-25(30)22(15-18-9-5-3-6-10-18)27-24(29)19-11-7-4-8-12-19/h3-17H,1-2H3,(H,27,29)(H,28,30). The zero-order chi connectivity index (χ0) is 22.8. The average Bonchev–Trinajstić information content (AvgIpc) is 2.84. The first-order chi connectivity index (χ1) is 15.6. The molecule has 3 aromatic rings. The van der Waals surface area contributed by atoms with Crippen molar-refractivity contribution in [3.63, 3.8) is 0 Å². The Bertz CT molecular complexity index is 1130. The predicted molar refractivity (Wildman–Crippen MR) is 124 cm³/mol. The molecule has 0 saturated heterocycles.